The van der Waals surface area contributed by atoms with Crippen molar-refractivity contribution < 1.29 is 9.63 Å². The molecule has 1 aliphatic heterocycles. The maximum atomic E-state index is 11.6. The zero-order valence-corrected chi connectivity index (χ0v) is 14.7. The van der Waals surface area contributed by atoms with E-state index in [4.69, 9.17) is 4.84 Å². The smallest absolute Gasteiger partial charge is 0.243 e. The van der Waals surface area contributed by atoms with Crippen LogP contribution in [-0.2, 0) is 9.63 Å². The first kappa shape index (κ1) is 17.5. The fourth-order valence-corrected chi connectivity index (χ4v) is 4.23. The zero-order valence-electron chi connectivity index (χ0n) is 14.7. The minimum atomic E-state index is -0.0989. The van der Waals surface area contributed by atoms with Gasteiger partial charge in [0, 0.05) is 17.1 Å². The molecule has 1 N–H and O–H groups in total. The van der Waals surface area contributed by atoms with E-state index in [9.17, 15) is 4.79 Å². The lowest BCUT2D eigenvalue weighted by atomic mass is 9.79. The predicted octanol–water partition coefficient (Wildman–Crippen LogP) is 3.57. The van der Waals surface area contributed by atoms with Gasteiger partial charge < -0.3 is 5.32 Å². The summed E-state index contributed by atoms with van der Waals surface area (Å²) >= 11 is 0. The highest BCUT2D eigenvalue weighted by Gasteiger charge is 2.47. The van der Waals surface area contributed by atoms with Gasteiger partial charge in [-0.05, 0) is 59.5 Å². The summed E-state index contributed by atoms with van der Waals surface area (Å²) in [6, 6.07) is 0.168. The lowest BCUT2D eigenvalue weighted by molar-refractivity contribution is -0.310. The summed E-state index contributed by atoms with van der Waals surface area (Å²) in [6.07, 6.45) is 9.71. The summed E-state index contributed by atoms with van der Waals surface area (Å²) in [5, 5.41) is 5.28. The average Bonchev–Trinajstić information content (AvgIpc) is 2.43. The second-order valence-corrected chi connectivity index (χ2v) is 8.10. The molecule has 22 heavy (non-hydrogen) atoms. The molecule has 2 aliphatic rings. The van der Waals surface area contributed by atoms with Crippen molar-refractivity contribution in [3.8, 4) is 0 Å². The first-order valence-electron chi connectivity index (χ1n) is 8.65. The zero-order chi connectivity index (χ0) is 16.4. The van der Waals surface area contributed by atoms with Gasteiger partial charge in [-0.2, -0.15) is 5.06 Å². The second-order valence-electron chi connectivity index (χ2n) is 8.10. The summed E-state index contributed by atoms with van der Waals surface area (Å²) in [5.74, 6) is -0.0850. The fourth-order valence-electron chi connectivity index (χ4n) is 4.23. The summed E-state index contributed by atoms with van der Waals surface area (Å²) in [6.45, 7) is 12.4. The standard InChI is InChI=1S/C18H32N2O2/c1-6-16(21)19-14-12-17(2,3)20(18(4,5)13-14)22-15-10-8-7-9-11-15/h6,14-15H,1,7-13H2,2-5H3,(H,19,21). The molecular formula is C18H32N2O2. The van der Waals surface area contributed by atoms with E-state index in [1.54, 1.807) is 0 Å². The summed E-state index contributed by atoms with van der Waals surface area (Å²) in [5.41, 5.74) is -0.198. The molecule has 2 rings (SSSR count). The molecule has 1 amide bonds. The van der Waals surface area contributed by atoms with Crippen molar-refractivity contribution in [1.82, 2.24) is 10.4 Å². The summed E-state index contributed by atoms with van der Waals surface area (Å²) < 4.78 is 0. The topological polar surface area (TPSA) is 41.6 Å². The molecule has 0 aromatic heterocycles. The second kappa shape index (κ2) is 6.71. The van der Waals surface area contributed by atoms with Crippen LogP contribution in [0.4, 0.5) is 0 Å². The van der Waals surface area contributed by atoms with Gasteiger partial charge in [0.15, 0.2) is 0 Å². The first-order valence-corrected chi connectivity index (χ1v) is 8.65. The molecule has 1 saturated heterocycles. The van der Waals surface area contributed by atoms with Gasteiger partial charge in [0.2, 0.25) is 5.91 Å². The molecule has 1 heterocycles. The van der Waals surface area contributed by atoms with Crippen molar-refractivity contribution in [2.45, 2.75) is 95.9 Å². The minimum absolute atomic E-state index is 0.0850. The molecule has 0 radical (unpaired) electrons. The van der Waals surface area contributed by atoms with Crippen molar-refractivity contribution in [2.24, 2.45) is 0 Å². The molecular weight excluding hydrogens is 276 g/mol. The van der Waals surface area contributed by atoms with Crippen molar-refractivity contribution in [3.63, 3.8) is 0 Å². The minimum Gasteiger partial charge on any atom is -0.350 e. The van der Waals surface area contributed by atoms with Gasteiger partial charge in [-0.25, -0.2) is 0 Å². The fraction of sp³-hybridized carbons (Fsp3) is 0.833. The number of rotatable bonds is 4. The third-order valence-electron chi connectivity index (χ3n) is 4.93. The Labute approximate surface area is 135 Å². The van der Waals surface area contributed by atoms with Crippen LogP contribution in [0.1, 0.15) is 72.6 Å². The Morgan fingerprint density at radius 3 is 2.18 bits per heavy atom. The van der Waals surface area contributed by atoms with E-state index in [0.29, 0.717) is 6.10 Å². The molecule has 126 valence electrons. The van der Waals surface area contributed by atoms with Crippen molar-refractivity contribution in [1.29, 1.82) is 0 Å². The van der Waals surface area contributed by atoms with Crippen LogP contribution in [0.15, 0.2) is 12.7 Å². The monoisotopic (exact) mass is 308 g/mol. The first-order chi connectivity index (χ1) is 10.2. The number of hydroxylamine groups is 2. The van der Waals surface area contributed by atoms with E-state index in [1.165, 1.54) is 38.2 Å². The molecule has 4 nitrogen and oxygen atoms in total. The van der Waals surface area contributed by atoms with Crippen LogP contribution in [-0.4, -0.2) is 34.2 Å². The van der Waals surface area contributed by atoms with Crippen LogP contribution < -0.4 is 5.32 Å². The number of amides is 1. The molecule has 2 fully saturated rings. The number of carbonyl (C=O) groups excluding carboxylic acids is 1. The number of hydrogen-bond acceptors (Lipinski definition) is 3. The largest absolute Gasteiger partial charge is 0.350 e. The predicted molar refractivity (Wildman–Crippen MR) is 89.3 cm³/mol. The van der Waals surface area contributed by atoms with Crippen LogP contribution in [0.3, 0.4) is 0 Å². The maximum absolute atomic E-state index is 11.6. The van der Waals surface area contributed by atoms with Gasteiger partial charge in [0.05, 0.1) is 6.10 Å². The Balaban J connectivity index is 2.06. The van der Waals surface area contributed by atoms with Crippen molar-refractivity contribution in [2.75, 3.05) is 0 Å². The van der Waals surface area contributed by atoms with Crippen LogP contribution in [0.25, 0.3) is 0 Å². The highest BCUT2D eigenvalue weighted by atomic mass is 16.7. The van der Waals surface area contributed by atoms with Gasteiger partial charge in [0.1, 0.15) is 0 Å². The van der Waals surface area contributed by atoms with E-state index in [1.807, 2.05) is 0 Å². The van der Waals surface area contributed by atoms with Gasteiger partial charge in [-0.15, -0.1) is 0 Å². The maximum Gasteiger partial charge on any atom is 0.243 e. The molecule has 1 saturated carbocycles. The van der Waals surface area contributed by atoms with E-state index >= 15 is 0 Å². The Morgan fingerprint density at radius 1 is 1.14 bits per heavy atom. The molecule has 1 aliphatic carbocycles. The molecule has 0 atom stereocenters. The van der Waals surface area contributed by atoms with E-state index < -0.39 is 0 Å². The Bertz CT molecular complexity index is 393. The van der Waals surface area contributed by atoms with Crippen LogP contribution in [0, 0.1) is 0 Å². The molecule has 0 bridgehead atoms. The molecule has 4 heteroatoms. The highest BCUT2D eigenvalue weighted by molar-refractivity contribution is 5.87. The van der Waals surface area contributed by atoms with Gasteiger partial charge >= 0.3 is 0 Å². The van der Waals surface area contributed by atoms with Crippen molar-refractivity contribution >= 4 is 5.91 Å². The Morgan fingerprint density at radius 2 is 1.68 bits per heavy atom. The molecule has 0 aromatic carbocycles. The average molecular weight is 308 g/mol. The van der Waals surface area contributed by atoms with E-state index in [2.05, 4.69) is 44.7 Å². The number of carbonyl (C=O) groups is 1. The van der Waals surface area contributed by atoms with Crippen LogP contribution >= 0.6 is 0 Å². The Kier molecular flexibility index (Phi) is 5.33. The molecule has 0 unspecified atom stereocenters. The van der Waals surface area contributed by atoms with Crippen molar-refractivity contribution in [3.05, 3.63) is 12.7 Å². The molecule has 0 aromatic rings. The Hall–Kier alpha value is -0.870. The van der Waals surface area contributed by atoms with E-state index in [-0.39, 0.29) is 23.0 Å². The highest BCUT2D eigenvalue weighted by Crippen LogP contribution is 2.40. The van der Waals surface area contributed by atoms with Gasteiger partial charge in [-0.3, -0.25) is 9.63 Å². The summed E-state index contributed by atoms with van der Waals surface area (Å²) in [4.78, 5) is 18.1. The van der Waals surface area contributed by atoms with Gasteiger partial charge in [0.25, 0.3) is 0 Å². The van der Waals surface area contributed by atoms with E-state index in [0.717, 1.165) is 12.8 Å². The summed E-state index contributed by atoms with van der Waals surface area (Å²) in [7, 11) is 0. The number of nitrogens with zero attached hydrogens (tertiary/aromatic N) is 1. The quantitative estimate of drug-likeness (QED) is 0.807. The van der Waals surface area contributed by atoms with Gasteiger partial charge in [-0.1, -0.05) is 25.8 Å². The SMILES string of the molecule is C=CC(=O)NC1CC(C)(C)N(OC2CCCCC2)C(C)(C)C1. The molecule has 0 spiro atoms. The number of hydrogen-bond donors (Lipinski definition) is 1. The third-order valence-corrected chi connectivity index (χ3v) is 4.93. The number of piperidine rings is 1. The third kappa shape index (κ3) is 4.11. The lowest BCUT2D eigenvalue weighted by Gasteiger charge is -2.55. The normalized spacial score (nSPS) is 26.5. The van der Waals surface area contributed by atoms with Crippen LogP contribution in [0.5, 0.6) is 0 Å². The lowest BCUT2D eigenvalue weighted by Crippen LogP contribution is -2.64. The van der Waals surface area contributed by atoms with Crippen LogP contribution in [0.2, 0.25) is 0 Å². The number of nitrogens with one attached hydrogen (secondary N) is 1.